The molecule has 1 heterocycles. The van der Waals surface area contributed by atoms with Gasteiger partial charge in [-0.05, 0) is 38.6 Å². The van der Waals surface area contributed by atoms with Gasteiger partial charge in [-0.25, -0.2) is 0 Å². The van der Waals surface area contributed by atoms with Crippen LogP contribution < -0.4 is 10.1 Å². The summed E-state index contributed by atoms with van der Waals surface area (Å²) < 4.78 is 11.6. The Morgan fingerprint density at radius 1 is 1.30 bits per heavy atom. The fraction of sp³-hybridized carbons (Fsp3) is 0.294. The number of benzene rings is 1. The molecular formula is C17H21NO2. The molecule has 3 heteroatoms. The zero-order chi connectivity index (χ0) is 14.4. The van der Waals surface area contributed by atoms with Crippen molar-refractivity contribution in [1.82, 2.24) is 5.32 Å². The lowest BCUT2D eigenvalue weighted by atomic mass is 10.2. The SMILES string of the molecule is CC=Cc1ccccc1OCc1cc(C)c(CNC)o1. The molecule has 0 atom stereocenters. The summed E-state index contributed by atoms with van der Waals surface area (Å²) in [6.07, 6.45) is 4.04. The molecule has 0 radical (unpaired) electrons. The normalized spacial score (nSPS) is 11.2. The molecule has 20 heavy (non-hydrogen) atoms. The van der Waals surface area contributed by atoms with Crippen molar-refractivity contribution in [2.45, 2.75) is 27.0 Å². The van der Waals surface area contributed by atoms with Crippen molar-refractivity contribution < 1.29 is 9.15 Å². The third-order valence-corrected chi connectivity index (χ3v) is 3.04. The highest BCUT2D eigenvalue weighted by atomic mass is 16.5. The van der Waals surface area contributed by atoms with E-state index in [0.717, 1.165) is 34.9 Å². The molecule has 2 aromatic rings. The van der Waals surface area contributed by atoms with Gasteiger partial charge in [-0.3, -0.25) is 0 Å². The first kappa shape index (κ1) is 14.4. The summed E-state index contributed by atoms with van der Waals surface area (Å²) in [6, 6.07) is 10.0. The third kappa shape index (κ3) is 3.52. The number of ether oxygens (including phenoxy) is 1. The topological polar surface area (TPSA) is 34.4 Å². The maximum atomic E-state index is 5.86. The summed E-state index contributed by atoms with van der Waals surface area (Å²) in [6.45, 7) is 5.23. The molecular weight excluding hydrogens is 250 g/mol. The number of hydrogen-bond acceptors (Lipinski definition) is 3. The van der Waals surface area contributed by atoms with Crippen LogP contribution in [-0.2, 0) is 13.2 Å². The van der Waals surface area contributed by atoms with E-state index in [4.69, 9.17) is 9.15 Å². The molecule has 0 aliphatic heterocycles. The molecule has 1 aromatic heterocycles. The van der Waals surface area contributed by atoms with Crippen molar-refractivity contribution in [2.24, 2.45) is 0 Å². The fourth-order valence-electron chi connectivity index (χ4n) is 2.08. The minimum Gasteiger partial charge on any atom is -0.485 e. The first-order valence-corrected chi connectivity index (χ1v) is 6.82. The smallest absolute Gasteiger partial charge is 0.146 e. The van der Waals surface area contributed by atoms with Gasteiger partial charge >= 0.3 is 0 Å². The van der Waals surface area contributed by atoms with Crippen molar-refractivity contribution in [1.29, 1.82) is 0 Å². The summed E-state index contributed by atoms with van der Waals surface area (Å²) in [4.78, 5) is 0. The minimum atomic E-state index is 0.444. The van der Waals surface area contributed by atoms with E-state index in [-0.39, 0.29) is 0 Å². The predicted octanol–water partition coefficient (Wildman–Crippen LogP) is 3.92. The van der Waals surface area contributed by atoms with Crippen molar-refractivity contribution in [3.63, 3.8) is 0 Å². The third-order valence-electron chi connectivity index (χ3n) is 3.04. The van der Waals surface area contributed by atoms with Crippen molar-refractivity contribution in [3.05, 3.63) is 59.1 Å². The summed E-state index contributed by atoms with van der Waals surface area (Å²) in [5.74, 6) is 2.69. The molecule has 0 amide bonds. The van der Waals surface area contributed by atoms with Crippen LogP contribution >= 0.6 is 0 Å². The van der Waals surface area contributed by atoms with Gasteiger partial charge in [-0.15, -0.1) is 0 Å². The Morgan fingerprint density at radius 2 is 2.10 bits per heavy atom. The monoisotopic (exact) mass is 271 g/mol. The molecule has 1 aromatic carbocycles. The van der Waals surface area contributed by atoms with E-state index < -0.39 is 0 Å². The second-order valence-electron chi connectivity index (χ2n) is 4.68. The molecule has 0 saturated heterocycles. The van der Waals surface area contributed by atoms with Gasteiger partial charge in [0.25, 0.3) is 0 Å². The van der Waals surface area contributed by atoms with Crippen LogP contribution in [0.15, 0.2) is 40.8 Å². The number of aryl methyl sites for hydroxylation is 1. The Bertz CT molecular complexity index is 584. The van der Waals surface area contributed by atoms with Crippen LogP contribution in [0.5, 0.6) is 5.75 Å². The Kier molecular flexibility index (Phi) is 5.02. The highest BCUT2D eigenvalue weighted by Crippen LogP contribution is 2.22. The Hall–Kier alpha value is -2.00. The number of hydrogen-bond donors (Lipinski definition) is 1. The highest BCUT2D eigenvalue weighted by Gasteiger charge is 2.08. The summed E-state index contributed by atoms with van der Waals surface area (Å²) in [7, 11) is 1.91. The second kappa shape index (κ2) is 6.96. The van der Waals surface area contributed by atoms with Gasteiger partial charge in [0.05, 0.1) is 6.54 Å². The average Bonchev–Trinajstić information content (AvgIpc) is 2.79. The van der Waals surface area contributed by atoms with Crippen LogP contribution in [0.2, 0.25) is 0 Å². The maximum absolute atomic E-state index is 5.86. The van der Waals surface area contributed by atoms with Crippen molar-refractivity contribution >= 4 is 6.08 Å². The summed E-state index contributed by atoms with van der Waals surface area (Å²) >= 11 is 0. The van der Waals surface area contributed by atoms with Gasteiger partial charge < -0.3 is 14.5 Å². The minimum absolute atomic E-state index is 0.444. The molecule has 1 N–H and O–H groups in total. The van der Waals surface area contributed by atoms with Crippen LogP contribution in [0, 0.1) is 6.92 Å². The number of rotatable bonds is 6. The summed E-state index contributed by atoms with van der Waals surface area (Å²) in [5, 5.41) is 3.09. The zero-order valence-electron chi connectivity index (χ0n) is 12.3. The van der Waals surface area contributed by atoms with Crippen LogP contribution in [-0.4, -0.2) is 7.05 Å². The molecule has 0 saturated carbocycles. The largest absolute Gasteiger partial charge is 0.485 e. The van der Waals surface area contributed by atoms with Crippen LogP contribution in [0.3, 0.4) is 0 Å². The van der Waals surface area contributed by atoms with Crippen LogP contribution in [0.1, 0.15) is 29.6 Å². The number of allylic oxidation sites excluding steroid dienone is 1. The molecule has 106 valence electrons. The van der Waals surface area contributed by atoms with Gasteiger partial charge in [0.1, 0.15) is 23.9 Å². The fourth-order valence-corrected chi connectivity index (χ4v) is 2.08. The van der Waals surface area contributed by atoms with Crippen molar-refractivity contribution in [3.8, 4) is 5.75 Å². The van der Waals surface area contributed by atoms with Crippen LogP contribution in [0.4, 0.5) is 0 Å². The molecule has 0 bridgehead atoms. The van der Waals surface area contributed by atoms with Gasteiger partial charge in [0.15, 0.2) is 0 Å². The number of para-hydroxylation sites is 1. The average molecular weight is 271 g/mol. The molecule has 0 fully saturated rings. The van der Waals surface area contributed by atoms with Crippen LogP contribution in [0.25, 0.3) is 6.08 Å². The van der Waals surface area contributed by atoms with Gasteiger partial charge in [0.2, 0.25) is 0 Å². The Balaban J connectivity index is 2.07. The van der Waals surface area contributed by atoms with Gasteiger partial charge in [0, 0.05) is 5.56 Å². The lowest BCUT2D eigenvalue weighted by Crippen LogP contribution is -2.04. The molecule has 3 nitrogen and oxygen atoms in total. The first-order chi connectivity index (χ1) is 9.74. The predicted molar refractivity (Wildman–Crippen MR) is 81.7 cm³/mol. The quantitative estimate of drug-likeness (QED) is 0.864. The van der Waals surface area contributed by atoms with E-state index in [1.807, 2.05) is 63.4 Å². The Labute approximate surface area is 120 Å². The number of furan rings is 1. The lowest BCUT2D eigenvalue weighted by Gasteiger charge is -2.07. The maximum Gasteiger partial charge on any atom is 0.146 e. The number of nitrogens with one attached hydrogen (secondary N) is 1. The van der Waals surface area contributed by atoms with E-state index in [9.17, 15) is 0 Å². The van der Waals surface area contributed by atoms with E-state index in [1.165, 1.54) is 0 Å². The Morgan fingerprint density at radius 3 is 2.85 bits per heavy atom. The summed E-state index contributed by atoms with van der Waals surface area (Å²) in [5.41, 5.74) is 2.23. The highest BCUT2D eigenvalue weighted by molar-refractivity contribution is 5.56. The first-order valence-electron chi connectivity index (χ1n) is 6.82. The molecule has 0 unspecified atom stereocenters. The molecule has 0 aliphatic carbocycles. The second-order valence-corrected chi connectivity index (χ2v) is 4.68. The lowest BCUT2D eigenvalue weighted by molar-refractivity contribution is 0.265. The van der Waals surface area contributed by atoms with Crippen molar-refractivity contribution in [2.75, 3.05) is 7.05 Å². The van der Waals surface area contributed by atoms with E-state index in [1.54, 1.807) is 0 Å². The van der Waals surface area contributed by atoms with E-state index >= 15 is 0 Å². The van der Waals surface area contributed by atoms with Gasteiger partial charge in [-0.1, -0.05) is 30.4 Å². The molecule has 0 aliphatic rings. The zero-order valence-corrected chi connectivity index (χ0v) is 12.3. The molecule has 0 spiro atoms. The van der Waals surface area contributed by atoms with E-state index in [2.05, 4.69) is 5.32 Å². The standard InChI is InChI=1S/C17H21NO2/c1-4-7-14-8-5-6-9-16(14)19-12-15-10-13(2)17(20-15)11-18-3/h4-10,18H,11-12H2,1-3H3. The van der Waals surface area contributed by atoms with E-state index in [0.29, 0.717) is 6.61 Å². The van der Waals surface area contributed by atoms with Gasteiger partial charge in [-0.2, -0.15) is 0 Å². The molecule has 2 rings (SSSR count).